The molecule has 2 aromatic carbocycles. The molecule has 0 aliphatic carbocycles. The summed E-state index contributed by atoms with van der Waals surface area (Å²) in [5.74, 6) is 0.452. The third-order valence-corrected chi connectivity index (χ3v) is 3.57. The van der Waals surface area contributed by atoms with Crippen LogP contribution in [0, 0.1) is 12.7 Å². The molecule has 0 aliphatic rings. The minimum absolute atomic E-state index is 0.0297. The van der Waals surface area contributed by atoms with E-state index < -0.39 is 0 Å². The highest BCUT2D eigenvalue weighted by Gasteiger charge is 2.06. The van der Waals surface area contributed by atoms with E-state index >= 15 is 0 Å². The highest BCUT2D eigenvalue weighted by molar-refractivity contribution is 9.10. The summed E-state index contributed by atoms with van der Waals surface area (Å²) < 4.78 is 19.2. The Kier molecular flexibility index (Phi) is 4.55. The van der Waals surface area contributed by atoms with E-state index in [1.807, 2.05) is 6.92 Å². The number of hydrogen-bond donors (Lipinski definition) is 0. The van der Waals surface area contributed by atoms with Gasteiger partial charge in [-0.2, -0.15) is 0 Å². The van der Waals surface area contributed by atoms with Gasteiger partial charge in [0.15, 0.2) is 5.78 Å². The monoisotopic (exact) mass is 336 g/mol. The molecule has 0 saturated carbocycles. The van der Waals surface area contributed by atoms with Crippen LogP contribution < -0.4 is 4.74 Å². The van der Waals surface area contributed by atoms with Crippen LogP contribution in [-0.2, 0) is 6.61 Å². The van der Waals surface area contributed by atoms with Gasteiger partial charge < -0.3 is 4.74 Å². The van der Waals surface area contributed by atoms with Crippen LogP contribution in [0.1, 0.15) is 28.4 Å². The summed E-state index contributed by atoms with van der Waals surface area (Å²) >= 11 is 3.14. The normalized spacial score (nSPS) is 10.4. The van der Waals surface area contributed by atoms with Gasteiger partial charge in [-0.25, -0.2) is 4.39 Å². The van der Waals surface area contributed by atoms with Crippen molar-refractivity contribution in [1.29, 1.82) is 0 Å². The standard InChI is InChI=1S/C16H14BrFO2/c1-10-7-13(11(2)19)4-6-16(10)20-9-12-3-5-15(18)14(17)8-12/h3-8H,9H2,1-2H3. The van der Waals surface area contributed by atoms with Crippen molar-refractivity contribution in [1.82, 2.24) is 0 Å². The van der Waals surface area contributed by atoms with E-state index in [9.17, 15) is 9.18 Å². The molecule has 0 aliphatic heterocycles. The van der Waals surface area contributed by atoms with Crippen LogP contribution >= 0.6 is 15.9 Å². The number of hydrogen-bond acceptors (Lipinski definition) is 2. The Morgan fingerprint density at radius 3 is 2.60 bits per heavy atom. The van der Waals surface area contributed by atoms with Gasteiger partial charge in [-0.3, -0.25) is 4.79 Å². The van der Waals surface area contributed by atoms with Crippen LogP contribution in [0.5, 0.6) is 5.75 Å². The lowest BCUT2D eigenvalue weighted by Gasteiger charge is -2.10. The van der Waals surface area contributed by atoms with Gasteiger partial charge in [-0.1, -0.05) is 6.07 Å². The van der Waals surface area contributed by atoms with E-state index in [2.05, 4.69) is 15.9 Å². The molecule has 0 bridgehead atoms. The zero-order valence-corrected chi connectivity index (χ0v) is 12.8. The number of benzene rings is 2. The fraction of sp³-hybridized carbons (Fsp3) is 0.188. The van der Waals surface area contributed by atoms with Crippen molar-refractivity contribution in [3.05, 3.63) is 63.4 Å². The molecular weight excluding hydrogens is 323 g/mol. The van der Waals surface area contributed by atoms with Crippen molar-refractivity contribution in [2.45, 2.75) is 20.5 Å². The molecule has 0 heterocycles. The van der Waals surface area contributed by atoms with Crippen molar-refractivity contribution < 1.29 is 13.9 Å². The van der Waals surface area contributed by atoms with E-state index in [1.54, 1.807) is 30.3 Å². The summed E-state index contributed by atoms with van der Waals surface area (Å²) in [7, 11) is 0. The van der Waals surface area contributed by atoms with Crippen LogP contribution in [0.2, 0.25) is 0 Å². The number of carbonyl (C=O) groups excluding carboxylic acids is 1. The van der Waals surface area contributed by atoms with E-state index in [-0.39, 0.29) is 11.6 Å². The SMILES string of the molecule is CC(=O)c1ccc(OCc2ccc(F)c(Br)c2)c(C)c1. The summed E-state index contributed by atoms with van der Waals surface area (Å²) in [6.45, 7) is 3.77. The van der Waals surface area contributed by atoms with Crippen molar-refractivity contribution in [3.8, 4) is 5.75 Å². The molecule has 4 heteroatoms. The quantitative estimate of drug-likeness (QED) is 0.758. The first-order chi connectivity index (χ1) is 9.47. The number of halogens is 2. The van der Waals surface area contributed by atoms with Crippen molar-refractivity contribution in [3.63, 3.8) is 0 Å². The molecule has 20 heavy (non-hydrogen) atoms. The van der Waals surface area contributed by atoms with Crippen LogP contribution in [-0.4, -0.2) is 5.78 Å². The van der Waals surface area contributed by atoms with Crippen LogP contribution in [0.15, 0.2) is 40.9 Å². The Balaban J connectivity index is 2.10. The van der Waals surface area contributed by atoms with Gasteiger partial charge >= 0.3 is 0 Å². The molecule has 0 amide bonds. The van der Waals surface area contributed by atoms with Crippen molar-refractivity contribution in [2.24, 2.45) is 0 Å². The molecular formula is C16H14BrFO2. The first-order valence-electron chi connectivity index (χ1n) is 6.15. The first-order valence-corrected chi connectivity index (χ1v) is 6.95. The summed E-state index contributed by atoms with van der Waals surface area (Å²) in [5, 5.41) is 0. The van der Waals surface area contributed by atoms with Crippen LogP contribution in [0.25, 0.3) is 0 Å². The lowest BCUT2D eigenvalue weighted by molar-refractivity contribution is 0.101. The molecule has 0 unspecified atom stereocenters. The van der Waals surface area contributed by atoms with E-state index in [4.69, 9.17) is 4.74 Å². The van der Waals surface area contributed by atoms with Gasteiger partial charge in [-0.15, -0.1) is 0 Å². The molecule has 104 valence electrons. The molecule has 2 aromatic rings. The topological polar surface area (TPSA) is 26.3 Å². The van der Waals surface area contributed by atoms with Gasteiger partial charge in [0, 0.05) is 5.56 Å². The average Bonchev–Trinajstić information content (AvgIpc) is 2.41. The predicted octanol–water partition coefficient (Wildman–Crippen LogP) is 4.68. The minimum Gasteiger partial charge on any atom is -0.489 e. The third kappa shape index (κ3) is 3.45. The van der Waals surface area contributed by atoms with Gasteiger partial charge in [-0.05, 0) is 71.2 Å². The Bertz CT molecular complexity index is 653. The maximum absolute atomic E-state index is 13.1. The zero-order chi connectivity index (χ0) is 14.7. The highest BCUT2D eigenvalue weighted by Crippen LogP contribution is 2.22. The van der Waals surface area contributed by atoms with Gasteiger partial charge in [0.25, 0.3) is 0 Å². The largest absolute Gasteiger partial charge is 0.489 e. The number of rotatable bonds is 4. The number of Topliss-reactive ketones (excluding diaryl/α,β-unsaturated/α-hetero) is 1. The van der Waals surface area contributed by atoms with Gasteiger partial charge in [0.2, 0.25) is 0 Å². The maximum Gasteiger partial charge on any atom is 0.159 e. The Morgan fingerprint density at radius 2 is 2.00 bits per heavy atom. The molecule has 0 aromatic heterocycles. The van der Waals surface area contributed by atoms with E-state index in [0.29, 0.717) is 16.6 Å². The fourth-order valence-electron chi connectivity index (χ4n) is 1.82. The fourth-order valence-corrected chi connectivity index (χ4v) is 2.25. The smallest absolute Gasteiger partial charge is 0.159 e. The average molecular weight is 337 g/mol. The summed E-state index contributed by atoms with van der Waals surface area (Å²) in [4.78, 5) is 11.3. The second kappa shape index (κ2) is 6.18. The summed E-state index contributed by atoms with van der Waals surface area (Å²) in [6.07, 6.45) is 0. The molecule has 2 nitrogen and oxygen atoms in total. The lowest BCUT2D eigenvalue weighted by atomic mass is 10.1. The number of aryl methyl sites for hydroxylation is 1. The van der Waals surface area contributed by atoms with Crippen LogP contribution in [0.4, 0.5) is 4.39 Å². The maximum atomic E-state index is 13.1. The Hall–Kier alpha value is -1.68. The Labute approximate surface area is 125 Å². The minimum atomic E-state index is -0.296. The molecule has 0 saturated heterocycles. The third-order valence-electron chi connectivity index (χ3n) is 2.96. The van der Waals surface area contributed by atoms with Gasteiger partial charge in [0.05, 0.1) is 4.47 Å². The van der Waals surface area contributed by atoms with E-state index in [0.717, 1.165) is 16.9 Å². The first kappa shape index (κ1) is 14.7. The highest BCUT2D eigenvalue weighted by atomic mass is 79.9. The number of ketones is 1. The zero-order valence-electron chi connectivity index (χ0n) is 11.2. The number of ether oxygens (including phenoxy) is 1. The second-order valence-corrected chi connectivity index (χ2v) is 5.43. The molecule has 0 fully saturated rings. The molecule has 0 radical (unpaired) electrons. The van der Waals surface area contributed by atoms with Crippen molar-refractivity contribution in [2.75, 3.05) is 0 Å². The molecule has 0 atom stereocenters. The summed E-state index contributed by atoms with van der Waals surface area (Å²) in [6, 6.07) is 10.1. The number of carbonyl (C=O) groups is 1. The second-order valence-electron chi connectivity index (χ2n) is 4.57. The predicted molar refractivity (Wildman–Crippen MR) is 79.6 cm³/mol. The van der Waals surface area contributed by atoms with Crippen molar-refractivity contribution >= 4 is 21.7 Å². The van der Waals surface area contributed by atoms with Gasteiger partial charge in [0.1, 0.15) is 18.2 Å². The van der Waals surface area contributed by atoms with E-state index in [1.165, 1.54) is 13.0 Å². The summed E-state index contributed by atoms with van der Waals surface area (Å²) in [5.41, 5.74) is 2.44. The lowest BCUT2D eigenvalue weighted by Crippen LogP contribution is -1.99. The molecule has 2 rings (SSSR count). The van der Waals surface area contributed by atoms with Crippen LogP contribution in [0.3, 0.4) is 0 Å². The Morgan fingerprint density at radius 1 is 1.25 bits per heavy atom. The molecule has 0 N–H and O–H groups in total. The molecule has 0 spiro atoms.